The van der Waals surface area contributed by atoms with E-state index in [0.717, 1.165) is 0 Å². The number of carbonyl (C=O) groups excluding carboxylic acids is 2. The lowest BCUT2D eigenvalue weighted by Crippen LogP contribution is -2.20. The summed E-state index contributed by atoms with van der Waals surface area (Å²) >= 11 is 24.0. The molecular weight excluding hydrogens is 520 g/mol. The number of halogens is 4. The van der Waals surface area contributed by atoms with Crippen molar-refractivity contribution in [2.75, 3.05) is 17.2 Å². The third-order valence-electron chi connectivity index (χ3n) is 4.32. The Morgan fingerprint density at radius 3 is 2.38 bits per heavy atom. The zero-order valence-corrected chi connectivity index (χ0v) is 20.3. The van der Waals surface area contributed by atoms with Crippen LogP contribution in [0.3, 0.4) is 0 Å². The first-order valence-electron chi connectivity index (χ1n) is 9.61. The number of hydrogen-bond donors (Lipinski definition) is 2. The summed E-state index contributed by atoms with van der Waals surface area (Å²) in [5.74, 6) is -0.883. The van der Waals surface area contributed by atoms with Gasteiger partial charge in [-0.25, -0.2) is 0 Å². The number of anilines is 2. The second-order valence-corrected chi connectivity index (χ2v) is 8.41. The van der Waals surface area contributed by atoms with E-state index < -0.39 is 11.8 Å². The Balaban J connectivity index is 1.75. The second-order valence-electron chi connectivity index (χ2n) is 6.75. The molecule has 0 saturated heterocycles. The van der Waals surface area contributed by atoms with Crippen molar-refractivity contribution in [1.82, 2.24) is 0 Å². The highest BCUT2D eigenvalue weighted by Crippen LogP contribution is 2.27. The van der Waals surface area contributed by atoms with Gasteiger partial charge in [0.25, 0.3) is 11.8 Å². The minimum atomic E-state index is -0.668. The molecule has 3 rings (SSSR count). The van der Waals surface area contributed by atoms with Crippen LogP contribution < -0.4 is 15.4 Å². The fraction of sp³-hybridized carbons (Fsp3) is 0.0417. The average molecular weight is 535 g/mol. The number of hydrogen-bond acceptors (Lipinski definition) is 4. The Bertz CT molecular complexity index is 1320. The van der Waals surface area contributed by atoms with Crippen molar-refractivity contribution < 1.29 is 14.3 Å². The normalized spacial score (nSPS) is 10.9. The minimum Gasteiger partial charge on any atom is -0.483 e. The summed E-state index contributed by atoms with van der Waals surface area (Å²) in [6.07, 6.45) is 1.31. The Labute approximate surface area is 215 Å². The summed E-state index contributed by atoms with van der Waals surface area (Å²) in [5, 5.41) is 16.1. The predicted octanol–water partition coefficient (Wildman–Crippen LogP) is 6.86. The van der Waals surface area contributed by atoms with Crippen molar-refractivity contribution in [2.24, 2.45) is 0 Å². The van der Waals surface area contributed by atoms with Crippen molar-refractivity contribution >= 4 is 75.7 Å². The molecule has 0 aliphatic carbocycles. The molecule has 0 aliphatic heterocycles. The van der Waals surface area contributed by atoms with Crippen molar-refractivity contribution in [3.05, 3.63) is 91.9 Å². The highest BCUT2D eigenvalue weighted by molar-refractivity contribution is 6.42. The topological polar surface area (TPSA) is 91.2 Å². The Hall–Kier alpha value is -3.21. The van der Waals surface area contributed by atoms with Gasteiger partial charge in [-0.3, -0.25) is 9.59 Å². The molecule has 0 aromatic heterocycles. The monoisotopic (exact) mass is 533 g/mol. The number of nitrogens with one attached hydrogen (secondary N) is 2. The smallest absolute Gasteiger partial charge is 0.266 e. The number of amides is 2. The van der Waals surface area contributed by atoms with E-state index in [1.54, 1.807) is 42.5 Å². The van der Waals surface area contributed by atoms with E-state index in [1.807, 2.05) is 6.07 Å². The molecule has 172 valence electrons. The molecular formula is C24H15Cl4N3O3. The van der Waals surface area contributed by atoms with E-state index >= 15 is 0 Å². The maximum Gasteiger partial charge on any atom is 0.266 e. The number of rotatable bonds is 7. The maximum atomic E-state index is 12.6. The number of ether oxygens (including phenoxy) is 1. The van der Waals surface area contributed by atoms with Gasteiger partial charge in [-0.2, -0.15) is 5.26 Å². The van der Waals surface area contributed by atoms with Gasteiger partial charge in [0.1, 0.15) is 17.4 Å². The first-order valence-corrected chi connectivity index (χ1v) is 11.1. The van der Waals surface area contributed by atoms with Crippen LogP contribution >= 0.6 is 46.4 Å². The highest BCUT2D eigenvalue weighted by Gasteiger charge is 2.14. The number of nitriles is 1. The molecule has 0 radical (unpaired) electrons. The standard InChI is InChI=1S/C24H15Cl4N3O3/c25-16-5-8-22(34-13-23(32)30-17-6-7-18(26)20(28)11-17)14(10-16)9-15(12-29)24(33)31-21-4-2-1-3-19(21)27/h1-11H,13H2,(H,30,32)(H,31,33)/b15-9+. The van der Waals surface area contributed by atoms with Crippen molar-refractivity contribution in [3.63, 3.8) is 0 Å². The zero-order valence-electron chi connectivity index (χ0n) is 17.2. The second kappa shape index (κ2) is 11.8. The fourth-order valence-corrected chi connectivity index (χ4v) is 3.40. The molecule has 2 amide bonds. The van der Waals surface area contributed by atoms with Gasteiger partial charge in [0.05, 0.1) is 20.8 Å². The quantitative estimate of drug-likeness (QED) is 0.256. The van der Waals surface area contributed by atoms with Gasteiger partial charge < -0.3 is 15.4 Å². The van der Waals surface area contributed by atoms with Gasteiger partial charge in [0.15, 0.2) is 6.61 Å². The van der Waals surface area contributed by atoms with Crippen LogP contribution in [0.4, 0.5) is 11.4 Å². The van der Waals surface area contributed by atoms with Gasteiger partial charge in [-0.05, 0) is 54.6 Å². The molecule has 0 saturated carbocycles. The lowest BCUT2D eigenvalue weighted by Gasteiger charge is -2.11. The lowest BCUT2D eigenvalue weighted by atomic mass is 10.1. The summed E-state index contributed by atoms with van der Waals surface area (Å²) in [7, 11) is 0. The van der Waals surface area contributed by atoms with Crippen molar-refractivity contribution in [1.29, 1.82) is 5.26 Å². The van der Waals surface area contributed by atoms with Crippen molar-refractivity contribution in [2.45, 2.75) is 0 Å². The third-order valence-corrected chi connectivity index (χ3v) is 5.62. The molecule has 0 fully saturated rings. The van der Waals surface area contributed by atoms with Gasteiger partial charge in [-0.15, -0.1) is 0 Å². The number of nitrogens with zero attached hydrogens (tertiary/aromatic N) is 1. The molecule has 0 spiro atoms. The molecule has 10 heteroatoms. The van der Waals surface area contributed by atoms with E-state index in [4.69, 9.17) is 51.1 Å². The van der Waals surface area contributed by atoms with E-state index in [1.165, 1.54) is 24.3 Å². The van der Waals surface area contributed by atoms with Crippen LogP contribution in [0.25, 0.3) is 6.08 Å². The van der Waals surface area contributed by atoms with Crippen LogP contribution in [0.1, 0.15) is 5.56 Å². The third kappa shape index (κ3) is 6.89. The summed E-state index contributed by atoms with van der Waals surface area (Å²) in [5.41, 5.74) is 0.923. The fourth-order valence-electron chi connectivity index (χ4n) is 2.73. The van der Waals surface area contributed by atoms with Gasteiger partial charge in [0, 0.05) is 16.3 Å². The van der Waals surface area contributed by atoms with Gasteiger partial charge in [-0.1, -0.05) is 58.5 Å². The van der Waals surface area contributed by atoms with Crippen LogP contribution in [0, 0.1) is 11.3 Å². The highest BCUT2D eigenvalue weighted by atomic mass is 35.5. The average Bonchev–Trinajstić information content (AvgIpc) is 2.80. The Morgan fingerprint density at radius 1 is 0.912 bits per heavy atom. The summed E-state index contributed by atoms with van der Waals surface area (Å²) in [6, 6.07) is 17.7. The zero-order chi connectivity index (χ0) is 24.7. The largest absolute Gasteiger partial charge is 0.483 e. The Morgan fingerprint density at radius 2 is 1.68 bits per heavy atom. The molecule has 0 heterocycles. The van der Waals surface area contributed by atoms with E-state index in [9.17, 15) is 14.9 Å². The maximum absolute atomic E-state index is 12.6. The summed E-state index contributed by atoms with van der Waals surface area (Å²) < 4.78 is 5.61. The summed E-state index contributed by atoms with van der Waals surface area (Å²) in [4.78, 5) is 24.9. The number of carbonyl (C=O) groups is 2. The van der Waals surface area contributed by atoms with E-state index in [-0.39, 0.29) is 17.9 Å². The molecule has 3 aromatic carbocycles. The van der Waals surface area contributed by atoms with Gasteiger partial charge in [0.2, 0.25) is 0 Å². The van der Waals surface area contributed by atoms with Crippen LogP contribution in [0.2, 0.25) is 20.1 Å². The molecule has 34 heavy (non-hydrogen) atoms. The first kappa shape index (κ1) is 25.4. The van der Waals surface area contributed by atoms with Crippen LogP contribution in [-0.2, 0) is 9.59 Å². The number of para-hydroxylation sites is 1. The first-order chi connectivity index (χ1) is 16.3. The molecule has 2 N–H and O–H groups in total. The SMILES string of the molecule is N#C/C(=C\c1cc(Cl)ccc1OCC(=O)Nc1ccc(Cl)c(Cl)c1)C(=O)Nc1ccccc1Cl. The van der Waals surface area contributed by atoms with Crippen molar-refractivity contribution in [3.8, 4) is 11.8 Å². The predicted molar refractivity (Wildman–Crippen MR) is 136 cm³/mol. The Kier molecular flexibility index (Phi) is 8.80. The van der Waals surface area contributed by atoms with Crippen LogP contribution in [0.5, 0.6) is 5.75 Å². The van der Waals surface area contributed by atoms with Gasteiger partial charge >= 0.3 is 0 Å². The van der Waals surface area contributed by atoms with Crippen LogP contribution in [0.15, 0.2) is 66.2 Å². The molecule has 6 nitrogen and oxygen atoms in total. The lowest BCUT2D eigenvalue weighted by molar-refractivity contribution is -0.118. The number of benzene rings is 3. The molecule has 3 aromatic rings. The molecule has 0 aliphatic rings. The summed E-state index contributed by atoms with van der Waals surface area (Å²) in [6.45, 7) is -0.351. The van der Waals surface area contributed by atoms with E-state index in [2.05, 4.69) is 10.6 Å². The minimum absolute atomic E-state index is 0.215. The van der Waals surface area contributed by atoms with E-state index in [0.29, 0.717) is 37.0 Å². The molecule has 0 atom stereocenters. The van der Waals surface area contributed by atoms with Crippen LogP contribution in [-0.4, -0.2) is 18.4 Å². The molecule has 0 unspecified atom stereocenters. The molecule has 0 bridgehead atoms.